The maximum atomic E-state index is 12.8. The average molecular weight is 301 g/mol. The van der Waals surface area contributed by atoms with Crippen LogP contribution in [0.3, 0.4) is 0 Å². The standard InChI is InChI=1S/C17H20FN3O/c18-15-3-5-16(6-4-15)22-11-10-21-9-1-2-14(13-21)17-12-19-7-8-20-17/h3-8,12,14H,1-2,9-11,13H2. The molecule has 4 nitrogen and oxygen atoms in total. The quantitative estimate of drug-likeness (QED) is 0.851. The summed E-state index contributed by atoms with van der Waals surface area (Å²) in [4.78, 5) is 11.0. The van der Waals surface area contributed by atoms with Crippen LogP contribution in [0.4, 0.5) is 4.39 Å². The molecule has 22 heavy (non-hydrogen) atoms. The topological polar surface area (TPSA) is 38.2 Å². The van der Waals surface area contributed by atoms with Gasteiger partial charge in [-0.1, -0.05) is 0 Å². The molecule has 2 heterocycles. The van der Waals surface area contributed by atoms with Gasteiger partial charge in [0.1, 0.15) is 18.2 Å². The van der Waals surface area contributed by atoms with Gasteiger partial charge >= 0.3 is 0 Å². The third kappa shape index (κ3) is 4.01. The van der Waals surface area contributed by atoms with Crippen LogP contribution < -0.4 is 4.74 Å². The number of hydrogen-bond donors (Lipinski definition) is 0. The molecule has 0 spiro atoms. The van der Waals surface area contributed by atoms with Crippen molar-refractivity contribution in [1.29, 1.82) is 0 Å². The Bertz CT molecular complexity index is 576. The Morgan fingerprint density at radius 1 is 1.23 bits per heavy atom. The van der Waals surface area contributed by atoms with Gasteiger partial charge < -0.3 is 4.74 Å². The number of halogens is 1. The number of likely N-dealkylation sites (tertiary alicyclic amines) is 1. The molecule has 1 unspecified atom stereocenters. The molecule has 0 radical (unpaired) electrons. The van der Waals surface area contributed by atoms with Crippen molar-refractivity contribution >= 4 is 0 Å². The summed E-state index contributed by atoms with van der Waals surface area (Å²) in [7, 11) is 0. The summed E-state index contributed by atoms with van der Waals surface area (Å²) >= 11 is 0. The number of nitrogens with zero attached hydrogens (tertiary/aromatic N) is 3. The number of rotatable bonds is 5. The highest BCUT2D eigenvalue weighted by Crippen LogP contribution is 2.24. The van der Waals surface area contributed by atoms with Gasteiger partial charge in [0.25, 0.3) is 0 Å². The normalized spacial score (nSPS) is 19.0. The third-order valence-electron chi connectivity index (χ3n) is 4.00. The lowest BCUT2D eigenvalue weighted by Crippen LogP contribution is -2.37. The van der Waals surface area contributed by atoms with E-state index in [2.05, 4.69) is 14.9 Å². The van der Waals surface area contributed by atoms with Crippen molar-refractivity contribution in [3.63, 3.8) is 0 Å². The monoisotopic (exact) mass is 301 g/mol. The first kappa shape index (κ1) is 14.9. The average Bonchev–Trinajstić information content (AvgIpc) is 2.58. The van der Waals surface area contributed by atoms with E-state index in [4.69, 9.17) is 4.74 Å². The molecule has 3 rings (SSSR count). The molecule has 0 amide bonds. The van der Waals surface area contributed by atoms with Crippen LogP contribution in [-0.2, 0) is 0 Å². The molecule has 0 aliphatic carbocycles. The largest absolute Gasteiger partial charge is 0.492 e. The fourth-order valence-electron chi connectivity index (χ4n) is 2.84. The van der Waals surface area contributed by atoms with Crippen LogP contribution >= 0.6 is 0 Å². The summed E-state index contributed by atoms with van der Waals surface area (Å²) in [5, 5.41) is 0. The van der Waals surface area contributed by atoms with E-state index in [1.807, 2.05) is 6.20 Å². The summed E-state index contributed by atoms with van der Waals surface area (Å²) < 4.78 is 18.5. The number of ether oxygens (including phenoxy) is 1. The first-order valence-electron chi connectivity index (χ1n) is 7.68. The van der Waals surface area contributed by atoms with Crippen LogP contribution in [0.25, 0.3) is 0 Å². The maximum Gasteiger partial charge on any atom is 0.123 e. The highest BCUT2D eigenvalue weighted by molar-refractivity contribution is 5.22. The second-order valence-electron chi connectivity index (χ2n) is 5.57. The van der Waals surface area contributed by atoms with Crippen LogP contribution in [0.5, 0.6) is 5.75 Å². The molecular weight excluding hydrogens is 281 g/mol. The van der Waals surface area contributed by atoms with Gasteiger partial charge in [-0.25, -0.2) is 4.39 Å². The van der Waals surface area contributed by atoms with Gasteiger partial charge in [0.05, 0.1) is 5.69 Å². The van der Waals surface area contributed by atoms with Gasteiger partial charge in [-0.15, -0.1) is 0 Å². The number of benzene rings is 1. The highest BCUT2D eigenvalue weighted by Gasteiger charge is 2.22. The Kier molecular flexibility index (Phi) is 4.96. The SMILES string of the molecule is Fc1ccc(OCCN2CCCC(c3cnccn3)C2)cc1. The lowest BCUT2D eigenvalue weighted by molar-refractivity contribution is 0.169. The summed E-state index contributed by atoms with van der Waals surface area (Å²) in [6, 6.07) is 6.16. The predicted octanol–water partition coefficient (Wildman–Crippen LogP) is 2.87. The predicted molar refractivity (Wildman–Crippen MR) is 82.3 cm³/mol. The Morgan fingerprint density at radius 3 is 2.86 bits per heavy atom. The molecule has 1 aliphatic heterocycles. The van der Waals surface area contributed by atoms with E-state index in [0.717, 1.165) is 38.2 Å². The van der Waals surface area contributed by atoms with Crippen molar-refractivity contribution < 1.29 is 9.13 Å². The summed E-state index contributed by atoms with van der Waals surface area (Å²) in [6.45, 7) is 3.56. The Labute approximate surface area is 130 Å². The molecule has 5 heteroatoms. The fourth-order valence-corrected chi connectivity index (χ4v) is 2.84. The van der Waals surface area contributed by atoms with E-state index in [0.29, 0.717) is 18.3 Å². The van der Waals surface area contributed by atoms with E-state index in [-0.39, 0.29) is 5.82 Å². The van der Waals surface area contributed by atoms with Crippen molar-refractivity contribution in [2.75, 3.05) is 26.2 Å². The van der Waals surface area contributed by atoms with Crippen LogP contribution in [0.2, 0.25) is 0 Å². The molecular formula is C17H20FN3O. The zero-order valence-corrected chi connectivity index (χ0v) is 12.5. The maximum absolute atomic E-state index is 12.8. The van der Waals surface area contributed by atoms with E-state index in [9.17, 15) is 4.39 Å². The summed E-state index contributed by atoms with van der Waals surface area (Å²) in [5.74, 6) is 0.923. The minimum absolute atomic E-state index is 0.241. The Hall–Kier alpha value is -2.01. The molecule has 1 saturated heterocycles. The van der Waals surface area contributed by atoms with Gasteiger partial charge in [0, 0.05) is 37.6 Å². The van der Waals surface area contributed by atoms with Crippen LogP contribution in [0.1, 0.15) is 24.5 Å². The smallest absolute Gasteiger partial charge is 0.123 e. The molecule has 1 fully saturated rings. The fraction of sp³-hybridized carbons (Fsp3) is 0.412. The molecule has 0 N–H and O–H groups in total. The molecule has 116 valence electrons. The third-order valence-corrected chi connectivity index (χ3v) is 4.00. The van der Waals surface area contributed by atoms with Gasteiger partial charge in [-0.2, -0.15) is 0 Å². The molecule has 1 atom stereocenters. The minimum Gasteiger partial charge on any atom is -0.492 e. The van der Waals surface area contributed by atoms with Crippen LogP contribution in [0, 0.1) is 5.82 Å². The van der Waals surface area contributed by atoms with Gasteiger partial charge in [0.15, 0.2) is 0 Å². The van der Waals surface area contributed by atoms with Crippen molar-refractivity contribution in [2.24, 2.45) is 0 Å². The van der Waals surface area contributed by atoms with Crippen molar-refractivity contribution in [2.45, 2.75) is 18.8 Å². The van der Waals surface area contributed by atoms with E-state index < -0.39 is 0 Å². The lowest BCUT2D eigenvalue weighted by atomic mass is 9.95. The van der Waals surface area contributed by atoms with Crippen molar-refractivity contribution in [3.8, 4) is 5.75 Å². The zero-order valence-electron chi connectivity index (χ0n) is 12.5. The molecule has 1 aromatic carbocycles. The second kappa shape index (κ2) is 7.31. The first-order chi connectivity index (χ1) is 10.8. The number of aromatic nitrogens is 2. The van der Waals surface area contributed by atoms with E-state index in [1.54, 1.807) is 24.5 Å². The van der Waals surface area contributed by atoms with E-state index >= 15 is 0 Å². The Balaban J connectivity index is 1.47. The van der Waals surface area contributed by atoms with Crippen LogP contribution in [-0.4, -0.2) is 41.1 Å². The minimum atomic E-state index is -0.241. The summed E-state index contributed by atoms with van der Waals surface area (Å²) in [5.41, 5.74) is 1.08. The molecule has 2 aromatic rings. The number of hydrogen-bond acceptors (Lipinski definition) is 4. The van der Waals surface area contributed by atoms with Gasteiger partial charge in [0.2, 0.25) is 0 Å². The highest BCUT2D eigenvalue weighted by atomic mass is 19.1. The second-order valence-corrected chi connectivity index (χ2v) is 5.57. The molecule has 0 saturated carbocycles. The summed E-state index contributed by atoms with van der Waals surface area (Å²) in [6.07, 6.45) is 7.65. The molecule has 1 aliphatic rings. The molecule has 0 bridgehead atoms. The first-order valence-corrected chi connectivity index (χ1v) is 7.68. The van der Waals surface area contributed by atoms with Gasteiger partial charge in [-0.3, -0.25) is 14.9 Å². The lowest BCUT2D eigenvalue weighted by Gasteiger charge is -2.32. The van der Waals surface area contributed by atoms with Crippen LogP contribution in [0.15, 0.2) is 42.9 Å². The van der Waals surface area contributed by atoms with Crippen molar-refractivity contribution in [3.05, 3.63) is 54.4 Å². The van der Waals surface area contributed by atoms with E-state index in [1.165, 1.54) is 12.1 Å². The van der Waals surface area contributed by atoms with Gasteiger partial charge in [-0.05, 0) is 43.7 Å². The number of piperidine rings is 1. The Morgan fingerprint density at radius 2 is 2.09 bits per heavy atom. The van der Waals surface area contributed by atoms with Crippen molar-refractivity contribution in [1.82, 2.24) is 14.9 Å². The zero-order chi connectivity index (χ0) is 15.2. The molecule has 1 aromatic heterocycles.